The highest BCUT2D eigenvalue weighted by Gasteiger charge is 2.26. The summed E-state index contributed by atoms with van der Waals surface area (Å²) >= 11 is 0. The Morgan fingerprint density at radius 1 is 0.978 bits per heavy atom. The third-order valence-corrected chi connectivity index (χ3v) is 8.77. The van der Waals surface area contributed by atoms with E-state index >= 15 is 0 Å². The van der Waals surface area contributed by atoms with Crippen molar-refractivity contribution in [3.8, 4) is 28.7 Å². The molecular formula is C32H39N9O4. The van der Waals surface area contributed by atoms with Gasteiger partial charge in [-0.15, -0.1) is 0 Å². The van der Waals surface area contributed by atoms with E-state index in [0.717, 1.165) is 97.0 Å². The van der Waals surface area contributed by atoms with Gasteiger partial charge < -0.3 is 28.4 Å². The van der Waals surface area contributed by atoms with E-state index in [1.54, 1.807) is 26.6 Å². The largest absolute Gasteiger partial charge is 0.496 e. The maximum atomic E-state index is 6.60. The minimum atomic E-state index is 0.00458. The quantitative estimate of drug-likeness (QED) is 0.243. The first kappa shape index (κ1) is 29.4. The van der Waals surface area contributed by atoms with Crippen LogP contribution in [-0.2, 0) is 16.5 Å². The van der Waals surface area contributed by atoms with Crippen LogP contribution >= 0.6 is 0 Å². The van der Waals surface area contributed by atoms with E-state index in [1.165, 1.54) is 0 Å². The number of nitrogens with zero attached hydrogens (tertiary/aromatic N) is 9. The summed E-state index contributed by atoms with van der Waals surface area (Å²) in [4.78, 5) is 24.1. The molecule has 13 heteroatoms. The van der Waals surface area contributed by atoms with Crippen LogP contribution in [0.25, 0.3) is 39.0 Å². The van der Waals surface area contributed by atoms with E-state index in [1.807, 2.05) is 36.0 Å². The molecule has 2 fully saturated rings. The third-order valence-electron chi connectivity index (χ3n) is 8.77. The molecule has 2 saturated heterocycles. The third kappa shape index (κ3) is 5.67. The van der Waals surface area contributed by atoms with Crippen LogP contribution in [-0.4, -0.2) is 112 Å². The van der Waals surface area contributed by atoms with Crippen molar-refractivity contribution in [2.24, 2.45) is 7.05 Å². The molecule has 0 unspecified atom stereocenters. The molecule has 0 N–H and O–H groups in total. The van der Waals surface area contributed by atoms with Gasteiger partial charge in [0.15, 0.2) is 11.3 Å². The normalized spacial score (nSPS) is 16.6. The Hall–Kier alpha value is -4.33. The van der Waals surface area contributed by atoms with Gasteiger partial charge in [-0.1, -0.05) is 0 Å². The number of hydrogen-bond acceptors (Lipinski definition) is 11. The first-order valence-electron chi connectivity index (χ1n) is 15.5. The molecule has 0 bridgehead atoms. The van der Waals surface area contributed by atoms with E-state index in [9.17, 15) is 0 Å². The molecule has 7 heterocycles. The molecule has 0 aromatic carbocycles. The zero-order valence-corrected chi connectivity index (χ0v) is 26.3. The second kappa shape index (κ2) is 12.6. The Balaban J connectivity index is 1.32. The average Bonchev–Trinajstić information content (AvgIpc) is 3.66. The standard InChI is InChI=1S/C32H39N9O4/c1-21-23-20-34-41(26(23)17-25(35-21)24-19-33-8-5-28(24)43-4)29-18-27-30(31(36-29)45-22-6-14-44-15-7-22)37-32(38(27)2)40-11-9-39(10-12-40)13-16-42-3/h5,8,17-20,22H,6-7,9-16H2,1-4H3. The van der Waals surface area contributed by atoms with E-state index < -0.39 is 0 Å². The summed E-state index contributed by atoms with van der Waals surface area (Å²) in [5.41, 5.74) is 4.97. The van der Waals surface area contributed by atoms with Crippen LogP contribution in [0.5, 0.6) is 11.6 Å². The smallest absolute Gasteiger partial charge is 0.244 e. The molecule has 7 rings (SSSR count). The van der Waals surface area contributed by atoms with Crippen molar-refractivity contribution >= 4 is 27.9 Å². The highest BCUT2D eigenvalue weighted by Crippen LogP contribution is 2.34. The van der Waals surface area contributed by atoms with Crippen molar-refractivity contribution in [3.63, 3.8) is 0 Å². The van der Waals surface area contributed by atoms with Crippen LogP contribution in [0.15, 0.2) is 36.8 Å². The maximum absolute atomic E-state index is 6.60. The minimum absolute atomic E-state index is 0.00458. The van der Waals surface area contributed by atoms with E-state index in [2.05, 4.69) is 26.4 Å². The summed E-state index contributed by atoms with van der Waals surface area (Å²) in [6.45, 7) is 8.68. The molecule has 236 valence electrons. The van der Waals surface area contributed by atoms with Crippen LogP contribution < -0.4 is 14.4 Å². The molecule has 13 nitrogen and oxygen atoms in total. The number of methoxy groups -OCH3 is 2. The number of piperazine rings is 1. The van der Waals surface area contributed by atoms with Crippen molar-refractivity contribution in [2.45, 2.75) is 25.9 Å². The van der Waals surface area contributed by atoms with Crippen LogP contribution in [0, 0.1) is 6.92 Å². The van der Waals surface area contributed by atoms with Gasteiger partial charge in [-0.3, -0.25) is 14.9 Å². The average molecular weight is 614 g/mol. The van der Waals surface area contributed by atoms with Gasteiger partial charge in [0.1, 0.15) is 11.9 Å². The second-order valence-electron chi connectivity index (χ2n) is 11.5. The van der Waals surface area contributed by atoms with Gasteiger partial charge in [-0.2, -0.15) is 10.1 Å². The highest BCUT2D eigenvalue weighted by atomic mass is 16.5. The van der Waals surface area contributed by atoms with Crippen molar-refractivity contribution in [1.82, 2.24) is 39.2 Å². The summed E-state index contributed by atoms with van der Waals surface area (Å²) in [5, 5.41) is 5.73. The molecule has 45 heavy (non-hydrogen) atoms. The van der Waals surface area contributed by atoms with Gasteiger partial charge in [0.05, 0.1) is 55.4 Å². The van der Waals surface area contributed by atoms with E-state index in [0.29, 0.717) is 30.7 Å². The molecular weight excluding hydrogens is 574 g/mol. The van der Waals surface area contributed by atoms with Gasteiger partial charge in [0.2, 0.25) is 11.8 Å². The fourth-order valence-corrected chi connectivity index (χ4v) is 6.20. The molecule has 0 saturated carbocycles. The molecule has 0 atom stereocenters. The van der Waals surface area contributed by atoms with Gasteiger partial charge in [-0.25, -0.2) is 9.67 Å². The van der Waals surface area contributed by atoms with Crippen molar-refractivity contribution in [2.75, 3.05) is 71.7 Å². The summed E-state index contributed by atoms with van der Waals surface area (Å²) in [6.07, 6.45) is 6.94. The fourth-order valence-electron chi connectivity index (χ4n) is 6.20. The predicted molar refractivity (Wildman–Crippen MR) is 170 cm³/mol. The van der Waals surface area contributed by atoms with Crippen LogP contribution in [0.1, 0.15) is 18.5 Å². The summed E-state index contributed by atoms with van der Waals surface area (Å²) in [5.74, 6) is 2.77. The van der Waals surface area contributed by atoms with Gasteiger partial charge in [0, 0.05) is 89.3 Å². The molecule has 0 aliphatic carbocycles. The first-order chi connectivity index (χ1) is 22.0. The second-order valence-corrected chi connectivity index (χ2v) is 11.5. The number of aryl methyl sites for hydroxylation is 2. The summed E-state index contributed by atoms with van der Waals surface area (Å²) in [7, 11) is 5.46. The molecule has 0 spiro atoms. The number of hydrogen-bond donors (Lipinski definition) is 0. The van der Waals surface area contributed by atoms with Gasteiger partial charge in [0.25, 0.3) is 0 Å². The van der Waals surface area contributed by atoms with Crippen LogP contribution in [0.2, 0.25) is 0 Å². The Morgan fingerprint density at radius 3 is 2.58 bits per heavy atom. The number of aromatic nitrogens is 7. The number of pyridine rings is 3. The Kier molecular flexibility index (Phi) is 8.21. The minimum Gasteiger partial charge on any atom is -0.496 e. The van der Waals surface area contributed by atoms with Crippen LogP contribution in [0.3, 0.4) is 0 Å². The topological polar surface area (TPSA) is 118 Å². The van der Waals surface area contributed by atoms with Crippen molar-refractivity contribution in [1.29, 1.82) is 0 Å². The molecule has 0 amide bonds. The molecule has 2 aliphatic rings. The lowest BCUT2D eigenvalue weighted by molar-refractivity contribution is 0.0243. The Morgan fingerprint density at radius 2 is 1.80 bits per heavy atom. The fraction of sp³-hybridized carbons (Fsp3) is 0.469. The molecule has 5 aromatic heterocycles. The lowest BCUT2D eigenvalue weighted by atomic mass is 10.1. The first-order valence-corrected chi connectivity index (χ1v) is 15.5. The molecule has 0 radical (unpaired) electrons. The SMILES string of the molecule is COCCN1CCN(c2nc3c(OC4CCOCC4)nc(-n4ncc5c(C)nc(-c6cnccc6OC)cc54)cc3n2C)CC1. The Labute approximate surface area is 261 Å². The van der Waals surface area contributed by atoms with E-state index in [4.69, 9.17) is 39.0 Å². The zero-order valence-electron chi connectivity index (χ0n) is 26.3. The number of imidazole rings is 1. The number of anilines is 1. The summed E-state index contributed by atoms with van der Waals surface area (Å²) in [6, 6.07) is 5.89. The number of rotatable bonds is 9. The molecule has 5 aromatic rings. The van der Waals surface area contributed by atoms with Gasteiger partial charge in [-0.05, 0) is 19.1 Å². The molecule has 2 aliphatic heterocycles. The maximum Gasteiger partial charge on any atom is 0.244 e. The monoisotopic (exact) mass is 613 g/mol. The van der Waals surface area contributed by atoms with Crippen molar-refractivity contribution in [3.05, 3.63) is 42.5 Å². The zero-order chi connectivity index (χ0) is 30.9. The Bertz CT molecular complexity index is 1810. The lowest BCUT2D eigenvalue weighted by Gasteiger charge is -2.35. The van der Waals surface area contributed by atoms with Gasteiger partial charge >= 0.3 is 0 Å². The summed E-state index contributed by atoms with van der Waals surface area (Å²) < 4.78 is 27.1. The number of fused-ring (bicyclic) bond motifs is 2. The highest BCUT2D eigenvalue weighted by molar-refractivity contribution is 5.88. The predicted octanol–water partition coefficient (Wildman–Crippen LogP) is 3.41. The van der Waals surface area contributed by atoms with Crippen molar-refractivity contribution < 1.29 is 18.9 Å². The van der Waals surface area contributed by atoms with E-state index in [-0.39, 0.29) is 6.10 Å². The van der Waals surface area contributed by atoms with Crippen LogP contribution in [0.4, 0.5) is 5.95 Å². The lowest BCUT2D eigenvalue weighted by Crippen LogP contribution is -2.48. The number of ether oxygens (including phenoxy) is 4.